The number of allylic oxidation sites excluding steroid dienone is 2. The fourth-order valence-corrected chi connectivity index (χ4v) is 7.15. The maximum absolute atomic E-state index is 12.6. The zero-order valence-corrected chi connectivity index (χ0v) is 36.8. The van der Waals surface area contributed by atoms with Crippen molar-refractivity contribution in [2.75, 3.05) is 19.8 Å². The van der Waals surface area contributed by atoms with Gasteiger partial charge in [0, 0.05) is 19.4 Å². The minimum absolute atomic E-state index is 0.0910. The highest BCUT2D eigenvalue weighted by Crippen LogP contribution is 2.16. The van der Waals surface area contributed by atoms with Gasteiger partial charge in [-0.05, 0) is 44.9 Å². The van der Waals surface area contributed by atoms with E-state index in [0.717, 1.165) is 38.5 Å². The summed E-state index contributed by atoms with van der Waals surface area (Å²) in [6.45, 7) is 7.81. The molecule has 5 heteroatoms. The summed E-state index contributed by atoms with van der Waals surface area (Å²) in [5.41, 5.74) is 0. The van der Waals surface area contributed by atoms with Crippen molar-refractivity contribution in [2.24, 2.45) is 0 Å². The number of carbonyl (C=O) groups excluding carboxylic acids is 2. The zero-order chi connectivity index (χ0) is 39.3. The highest BCUT2D eigenvalue weighted by atomic mass is 16.6. The molecule has 1 atom stereocenters. The van der Waals surface area contributed by atoms with Crippen LogP contribution in [0.5, 0.6) is 0 Å². The van der Waals surface area contributed by atoms with Crippen LogP contribution in [0, 0.1) is 0 Å². The average Bonchev–Trinajstić information content (AvgIpc) is 3.17. The standard InChI is InChI=1S/C49H94O5/c1-4-7-10-13-16-18-20-22-24-25-26-27-29-31-34-36-39-42-48(50)53-46-47(54-49(51)43-40-37-33-15-12-9-6-3)45-52-44-41-38-35-32-30-28-23-21-19-17-14-11-8-5-2/h19,21,47H,4-18,20,22-46H2,1-3H3/b21-19-. The van der Waals surface area contributed by atoms with Gasteiger partial charge in [0.1, 0.15) is 6.61 Å². The van der Waals surface area contributed by atoms with Crippen molar-refractivity contribution in [3.63, 3.8) is 0 Å². The molecule has 0 fully saturated rings. The summed E-state index contributed by atoms with van der Waals surface area (Å²) in [6.07, 6.45) is 50.8. The van der Waals surface area contributed by atoms with Crippen LogP contribution >= 0.6 is 0 Å². The van der Waals surface area contributed by atoms with Gasteiger partial charge in [-0.25, -0.2) is 0 Å². The summed E-state index contributed by atoms with van der Waals surface area (Å²) in [5.74, 6) is -0.390. The van der Waals surface area contributed by atoms with Crippen LogP contribution < -0.4 is 0 Å². The van der Waals surface area contributed by atoms with Gasteiger partial charge in [-0.2, -0.15) is 0 Å². The van der Waals surface area contributed by atoms with Crippen molar-refractivity contribution in [2.45, 2.75) is 271 Å². The number of carbonyl (C=O) groups is 2. The van der Waals surface area contributed by atoms with Gasteiger partial charge in [0.15, 0.2) is 6.10 Å². The van der Waals surface area contributed by atoms with E-state index >= 15 is 0 Å². The summed E-state index contributed by atoms with van der Waals surface area (Å²) in [4.78, 5) is 25.2. The Balaban J connectivity index is 4.08. The Kier molecular flexibility index (Phi) is 44.9. The lowest BCUT2D eigenvalue weighted by Crippen LogP contribution is -2.30. The van der Waals surface area contributed by atoms with Crippen molar-refractivity contribution in [1.82, 2.24) is 0 Å². The summed E-state index contributed by atoms with van der Waals surface area (Å²) < 4.78 is 17.3. The van der Waals surface area contributed by atoms with E-state index in [1.165, 1.54) is 193 Å². The molecule has 0 spiro atoms. The number of rotatable bonds is 45. The smallest absolute Gasteiger partial charge is 0.306 e. The lowest BCUT2D eigenvalue weighted by Gasteiger charge is -2.18. The topological polar surface area (TPSA) is 61.8 Å². The highest BCUT2D eigenvalue weighted by molar-refractivity contribution is 5.70. The maximum atomic E-state index is 12.6. The molecule has 1 unspecified atom stereocenters. The molecule has 0 aliphatic rings. The normalized spacial score (nSPS) is 12.1. The largest absolute Gasteiger partial charge is 0.462 e. The van der Waals surface area contributed by atoms with Crippen LogP contribution in [0.2, 0.25) is 0 Å². The third-order valence-corrected chi connectivity index (χ3v) is 10.8. The first-order valence-corrected chi connectivity index (χ1v) is 24.2. The van der Waals surface area contributed by atoms with E-state index in [4.69, 9.17) is 14.2 Å². The second kappa shape index (κ2) is 46.0. The van der Waals surface area contributed by atoms with Gasteiger partial charge >= 0.3 is 11.9 Å². The van der Waals surface area contributed by atoms with Gasteiger partial charge in [-0.1, -0.05) is 219 Å². The maximum Gasteiger partial charge on any atom is 0.306 e. The average molecular weight is 763 g/mol. The van der Waals surface area contributed by atoms with Crippen LogP contribution in [-0.2, 0) is 23.8 Å². The molecule has 0 aromatic heterocycles. The molecule has 0 aliphatic heterocycles. The van der Waals surface area contributed by atoms with Crippen molar-refractivity contribution < 1.29 is 23.8 Å². The summed E-state index contributed by atoms with van der Waals surface area (Å²) in [7, 11) is 0. The SMILES string of the molecule is CCCCCC/C=C\CCCCCCCCOCC(COC(=O)CCCCCCCCCCCCCCCCCCC)OC(=O)CCCCCCCCC. The third kappa shape index (κ3) is 43.4. The van der Waals surface area contributed by atoms with Crippen molar-refractivity contribution in [3.8, 4) is 0 Å². The molecule has 0 heterocycles. The van der Waals surface area contributed by atoms with Crippen LogP contribution in [0.1, 0.15) is 265 Å². The highest BCUT2D eigenvalue weighted by Gasteiger charge is 2.17. The third-order valence-electron chi connectivity index (χ3n) is 10.8. The van der Waals surface area contributed by atoms with Crippen LogP contribution in [0.3, 0.4) is 0 Å². The van der Waals surface area contributed by atoms with E-state index in [1.54, 1.807) is 0 Å². The Morgan fingerprint density at radius 3 is 1.15 bits per heavy atom. The lowest BCUT2D eigenvalue weighted by atomic mass is 10.0. The number of hydrogen-bond acceptors (Lipinski definition) is 5. The van der Waals surface area contributed by atoms with E-state index in [1.807, 2.05) is 0 Å². The Bertz CT molecular complexity index is 780. The van der Waals surface area contributed by atoms with Crippen molar-refractivity contribution >= 4 is 11.9 Å². The summed E-state index contributed by atoms with van der Waals surface area (Å²) in [6, 6.07) is 0. The second-order valence-electron chi connectivity index (χ2n) is 16.4. The van der Waals surface area contributed by atoms with Gasteiger partial charge in [0.25, 0.3) is 0 Å². The molecule has 0 aromatic carbocycles. The van der Waals surface area contributed by atoms with Crippen LogP contribution in [0.4, 0.5) is 0 Å². The molecular formula is C49H94O5. The molecule has 0 saturated heterocycles. The molecule has 0 saturated carbocycles. The monoisotopic (exact) mass is 763 g/mol. The molecule has 0 N–H and O–H groups in total. The molecule has 0 amide bonds. The molecule has 54 heavy (non-hydrogen) atoms. The summed E-state index contributed by atoms with van der Waals surface area (Å²) in [5, 5.41) is 0. The van der Waals surface area contributed by atoms with E-state index in [-0.39, 0.29) is 18.5 Å². The van der Waals surface area contributed by atoms with Gasteiger partial charge in [-0.3, -0.25) is 9.59 Å². The molecule has 320 valence electrons. The molecular weight excluding hydrogens is 669 g/mol. The van der Waals surface area contributed by atoms with E-state index in [2.05, 4.69) is 32.9 Å². The number of hydrogen-bond donors (Lipinski definition) is 0. The Hall–Kier alpha value is -1.36. The van der Waals surface area contributed by atoms with Gasteiger partial charge in [0.05, 0.1) is 6.61 Å². The Labute approximate surface area is 337 Å². The number of esters is 2. The minimum atomic E-state index is -0.527. The first kappa shape index (κ1) is 52.6. The number of unbranched alkanes of at least 4 members (excludes halogenated alkanes) is 32. The first-order valence-electron chi connectivity index (χ1n) is 24.2. The Morgan fingerprint density at radius 1 is 0.389 bits per heavy atom. The van der Waals surface area contributed by atoms with E-state index in [9.17, 15) is 9.59 Å². The second-order valence-corrected chi connectivity index (χ2v) is 16.4. The molecule has 0 radical (unpaired) electrons. The van der Waals surface area contributed by atoms with Crippen LogP contribution in [-0.4, -0.2) is 37.9 Å². The fraction of sp³-hybridized carbons (Fsp3) is 0.918. The molecule has 0 bridgehead atoms. The predicted octanol–water partition coefficient (Wildman–Crippen LogP) is 15.9. The zero-order valence-electron chi connectivity index (χ0n) is 36.8. The van der Waals surface area contributed by atoms with Crippen molar-refractivity contribution in [3.05, 3.63) is 12.2 Å². The van der Waals surface area contributed by atoms with Crippen molar-refractivity contribution in [1.29, 1.82) is 0 Å². The fourth-order valence-electron chi connectivity index (χ4n) is 7.15. The van der Waals surface area contributed by atoms with Gasteiger partial charge < -0.3 is 14.2 Å². The lowest BCUT2D eigenvalue weighted by molar-refractivity contribution is -0.163. The van der Waals surface area contributed by atoms with Crippen LogP contribution in [0.25, 0.3) is 0 Å². The van der Waals surface area contributed by atoms with E-state index in [0.29, 0.717) is 26.1 Å². The van der Waals surface area contributed by atoms with Gasteiger partial charge in [0.2, 0.25) is 0 Å². The van der Waals surface area contributed by atoms with Crippen LogP contribution in [0.15, 0.2) is 12.2 Å². The van der Waals surface area contributed by atoms with E-state index < -0.39 is 6.10 Å². The summed E-state index contributed by atoms with van der Waals surface area (Å²) >= 11 is 0. The predicted molar refractivity (Wildman–Crippen MR) is 233 cm³/mol. The first-order chi connectivity index (χ1) is 26.6. The minimum Gasteiger partial charge on any atom is -0.462 e. The quantitative estimate of drug-likeness (QED) is 0.0351. The molecule has 0 aromatic rings. The van der Waals surface area contributed by atoms with Gasteiger partial charge in [-0.15, -0.1) is 0 Å². The molecule has 0 aliphatic carbocycles. The molecule has 5 nitrogen and oxygen atoms in total. The Morgan fingerprint density at radius 2 is 0.722 bits per heavy atom. The number of ether oxygens (including phenoxy) is 3. The molecule has 0 rings (SSSR count).